The van der Waals surface area contributed by atoms with Gasteiger partial charge >= 0.3 is 5.76 Å². The molecule has 0 fully saturated rings. The van der Waals surface area contributed by atoms with Gasteiger partial charge in [-0.2, -0.15) is 5.10 Å². The number of fused-ring (bicyclic) bond motifs is 1. The van der Waals surface area contributed by atoms with E-state index in [1.165, 1.54) is 0 Å². The van der Waals surface area contributed by atoms with Crippen LogP contribution in [0.2, 0.25) is 0 Å². The van der Waals surface area contributed by atoms with Gasteiger partial charge in [-0.1, -0.05) is 0 Å². The molecule has 3 N–H and O–H groups in total. The number of nitrogens with two attached hydrogens (primary N) is 1. The van der Waals surface area contributed by atoms with Crippen molar-refractivity contribution in [2.75, 3.05) is 0 Å². The number of H-pyrrole nitrogens is 1. The minimum absolute atomic E-state index is 0.401. The molecule has 0 unspecified atom stereocenters. The SMILES string of the molecule is Cn1nc(CN)cc1-c1ccc2oc(=O)[nH]c2c1. The van der Waals surface area contributed by atoms with E-state index < -0.39 is 5.76 Å². The molecule has 0 saturated heterocycles. The number of aryl methyl sites for hydroxylation is 1. The zero-order valence-corrected chi connectivity index (χ0v) is 9.80. The number of hydrogen-bond acceptors (Lipinski definition) is 4. The van der Waals surface area contributed by atoms with Crippen LogP contribution < -0.4 is 11.5 Å². The van der Waals surface area contributed by atoms with Crippen molar-refractivity contribution in [2.24, 2.45) is 12.8 Å². The Labute approximate surface area is 102 Å². The predicted octanol–water partition coefficient (Wildman–Crippen LogP) is 0.980. The average molecular weight is 244 g/mol. The van der Waals surface area contributed by atoms with Crippen LogP contribution in [0.3, 0.4) is 0 Å². The zero-order valence-electron chi connectivity index (χ0n) is 9.80. The van der Waals surface area contributed by atoms with Crippen LogP contribution in [0.1, 0.15) is 5.69 Å². The fourth-order valence-electron chi connectivity index (χ4n) is 2.01. The molecule has 3 rings (SSSR count). The summed E-state index contributed by atoms with van der Waals surface area (Å²) in [5, 5.41) is 4.29. The van der Waals surface area contributed by atoms with E-state index in [2.05, 4.69) is 10.1 Å². The highest BCUT2D eigenvalue weighted by Crippen LogP contribution is 2.23. The molecule has 0 aliphatic heterocycles. The lowest BCUT2D eigenvalue weighted by molar-refractivity contribution is 0.555. The van der Waals surface area contributed by atoms with E-state index >= 15 is 0 Å². The van der Waals surface area contributed by atoms with Crippen molar-refractivity contribution in [3.63, 3.8) is 0 Å². The highest BCUT2D eigenvalue weighted by atomic mass is 16.4. The van der Waals surface area contributed by atoms with Crippen LogP contribution in [0.4, 0.5) is 0 Å². The Bertz CT molecular complexity index is 766. The van der Waals surface area contributed by atoms with E-state index in [4.69, 9.17) is 10.2 Å². The van der Waals surface area contributed by atoms with Crippen LogP contribution in [0, 0.1) is 0 Å². The van der Waals surface area contributed by atoms with Gasteiger partial charge in [0, 0.05) is 19.2 Å². The second-order valence-electron chi connectivity index (χ2n) is 4.07. The lowest BCUT2D eigenvalue weighted by Gasteiger charge is -2.00. The third-order valence-electron chi connectivity index (χ3n) is 2.85. The number of hydrogen-bond donors (Lipinski definition) is 2. The molecular weight excluding hydrogens is 232 g/mol. The molecule has 2 heterocycles. The van der Waals surface area contributed by atoms with Gasteiger partial charge in [-0.25, -0.2) is 4.79 Å². The normalized spacial score (nSPS) is 11.2. The smallest absolute Gasteiger partial charge is 0.408 e. The molecule has 0 radical (unpaired) electrons. The van der Waals surface area contributed by atoms with Gasteiger partial charge in [0.1, 0.15) is 0 Å². The first-order valence-electron chi connectivity index (χ1n) is 5.53. The summed E-state index contributed by atoms with van der Waals surface area (Å²) in [7, 11) is 1.86. The Morgan fingerprint density at radius 2 is 2.28 bits per heavy atom. The summed E-state index contributed by atoms with van der Waals surface area (Å²) >= 11 is 0. The molecule has 92 valence electrons. The second kappa shape index (κ2) is 3.85. The van der Waals surface area contributed by atoms with Crippen LogP contribution in [-0.2, 0) is 13.6 Å². The fourth-order valence-corrected chi connectivity index (χ4v) is 2.01. The van der Waals surface area contributed by atoms with E-state index in [9.17, 15) is 4.79 Å². The summed E-state index contributed by atoms with van der Waals surface area (Å²) in [4.78, 5) is 13.7. The second-order valence-corrected chi connectivity index (χ2v) is 4.07. The molecule has 0 atom stereocenters. The summed E-state index contributed by atoms with van der Waals surface area (Å²) in [6.07, 6.45) is 0. The standard InChI is InChI=1S/C12H12N4O2/c1-16-10(5-8(6-13)15-16)7-2-3-11-9(4-7)14-12(17)18-11/h2-5H,6,13H2,1H3,(H,14,17). The van der Waals surface area contributed by atoms with Gasteiger partial charge in [0.25, 0.3) is 0 Å². The first-order chi connectivity index (χ1) is 8.67. The number of aromatic nitrogens is 3. The maximum atomic E-state index is 11.1. The van der Waals surface area contributed by atoms with Crippen LogP contribution in [0.15, 0.2) is 33.5 Å². The van der Waals surface area contributed by atoms with Crippen molar-refractivity contribution in [3.05, 3.63) is 40.5 Å². The monoisotopic (exact) mass is 244 g/mol. The Morgan fingerprint density at radius 3 is 3.00 bits per heavy atom. The number of aromatic amines is 1. The number of rotatable bonds is 2. The molecule has 6 nitrogen and oxygen atoms in total. The summed E-state index contributed by atoms with van der Waals surface area (Å²) in [6, 6.07) is 7.44. The lowest BCUT2D eigenvalue weighted by Crippen LogP contribution is -1.98. The molecule has 0 aliphatic rings. The van der Waals surface area contributed by atoms with Gasteiger partial charge in [-0.3, -0.25) is 9.67 Å². The van der Waals surface area contributed by atoms with Gasteiger partial charge in [0.05, 0.1) is 16.9 Å². The molecule has 6 heteroatoms. The van der Waals surface area contributed by atoms with E-state index in [1.807, 2.05) is 25.2 Å². The number of benzene rings is 1. The molecule has 0 spiro atoms. The third kappa shape index (κ3) is 1.63. The van der Waals surface area contributed by atoms with Crippen molar-refractivity contribution in [1.29, 1.82) is 0 Å². The summed E-state index contributed by atoms with van der Waals surface area (Å²) in [5.74, 6) is -0.449. The van der Waals surface area contributed by atoms with Gasteiger partial charge < -0.3 is 10.2 Å². The molecule has 1 aromatic carbocycles. The first kappa shape index (κ1) is 10.8. The van der Waals surface area contributed by atoms with Crippen molar-refractivity contribution in [2.45, 2.75) is 6.54 Å². The molecule has 0 bridgehead atoms. The average Bonchev–Trinajstić information content (AvgIpc) is 2.89. The quantitative estimate of drug-likeness (QED) is 0.703. The van der Waals surface area contributed by atoms with Gasteiger partial charge in [0.15, 0.2) is 5.58 Å². The van der Waals surface area contributed by atoms with Gasteiger partial charge in [-0.15, -0.1) is 0 Å². The molecule has 3 aromatic rings. The molecule has 18 heavy (non-hydrogen) atoms. The summed E-state index contributed by atoms with van der Waals surface area (Å²) in [6.45, 7) is 0.401. The molecule has 0 saturated carbocycles. The van der Waals surface area contributed by atoms with Crippen molar-refractivity contribution in [3.8, 4) is 11.3 Å². The number of nitrogens with one attached hydrogen (secondary N) is 1. The summed E-state index contributed by atoms with van der Waals surface area (Å²) < 4.78 is 6.73. The van der Waals surface area contributed by atoms with E-state index in [0.717, 1.165) is 17.0 Å². The highest BCUT2D eigenvalue weighted by molar-refractivity contribution is 5.79. The third-order valence-corrected chi connectivity index (χ3v) is 2.85. The van der Waals surface area contributed by atoms with E-state index in [1.54, 1.807) is 10.7 Å². The fraction of sp³-hybridized carbons (Fsp3) is 0.167. The Kier molecular flexibility index (Phi) is 2.31. The number of nitrogens with zero attached hydrogens (tertiary/aromatic N) is 2. The zero-order chi connectivity index (χ0) is 12.7. The molecule has 2 aromatic heterocycles. The van der Waals surface area contributed by atoms with Crippen molar-refractivity contribution in [1.82, 2.24) is 14.8 Å². The van der Waals surface area contributed by atoms with Crippen LogP contribution in [0.25, 0.3) is 22.4 Å². The minimum Gasteiger partial charge on any atom is -0.408 e. The molecule has 0 aliphatic carbocycles. The first-order valence-corrected chi connectivity index (χ1v) is 5.53. The molecular formula is C12H12N4O2. The van der Waals surface area contributed by atoms with Crippen LogP contribution in [-0.4, -0.2) is 14.8 Å². The Hall–Kier alpha value is -2.34. The minimum atomic E-state index is -0.449. The van der Waals surface area contributed by atoms with Gasteiger partial charge in [-0.05, 0) is 24.3 Å². The maximum absolute atomic E-state index is 11.1. The maximum Gasteiger partial charge on any atom is 0.417 e. The summed E-state index contributed by atoms with van der Waals surface area (Å²) in [5.41, 5.74) is 9.51. The number of oxazole rings is 1. The van der Waals surface area contributed by atoms with Crippen LogP contribution in [0.5, 0.6) is 0 Å². The van der Waals surface area contributed by atoms with Crippen molar-refractivity contribution < 1.29 is 4.42 Å². The van der Waals surface area contributed by atoms with E-state index in [0.29, 0.717) is 17.6 Å². The topological polar surface area (TPSA) is 89.8 Å². The van der Waals surface area contributed by atoms with Crippen LogP contribution >= 0.6 is 0 Å². The largest absolute Gasteiger partial charge is 0.417 e. The Balaban J connectivity index is 2.18. The van der Waals surface area contributed by atoms with Crippen molar-refractivity contribution >= 4 is 11.1 Å². The van der Waals surface area contributed by atoms with E-state index in [-0.39, 0.29) is 0 Å². The Morgan fingerprint density at radius 1 is 1.44 bits per heavy atom. The molecule has 0 amide bonds. The van der Waals surface area contributed by atoms with Gasteiger partial charge in [0.2, 0.25) is 0 Å². The highest BCUT2D eigenvalue weighted by Gasteiger charge is 2.08. The lowest BCUT2D eigenvalue weighted by atomic mass is 10.1. The predicted molar refractivity (Wildman–Crippen MR) is 66.9 cm³/mol.